The van der Waals surface area contributed by atoms with Gasteiger partial charge in [-0.3, -0.25) is 4.79 Å². The van der Waals surface area contributed by atoms with Gasteiger partial charge in [0, 0.05) is 36.5 Å². The smallest absolute Gasteiger partial charge is 0.223 e. The molecule has 1 saturated heterocycles. The molecule has 1 aliphatic carbocycles. The number of nitrogens with zero attached hydrogens (tertiary/aromatic N) is 4. The zero-order valence-electron chi connectivity index (χ0n) is 16.5. The lowest BCUT2D eigenvalue weighted by atomic mass is 9.73. The SMILES string of the molecule is CC(=O)N1CC2(CCN(C3CCC(c4ncns4)CC3)CC2)c2ccccc21. The van der Waals surface area contributed by atoms with Crippen molar-refractivity contribution in [2.45, 2.75) is 62.8 Å². The number of para-hydroxylation sites is 1. The fourth-order valence-electron chi connectivity index (χ4n) is 5.71. The zero-order chi connectivity index (χ0) is 19.1. The number of rotatable bonds is 2. The minimum absolute atomic E-state index is 0.155. The van der Waals surface area contributed by atoms with Crippen molar-refractivity contribution in [3.05, 3.63) is 41.2 Å². The van der Waals surface area contributed by atoms with Gasteiger partial charge >= 0.3 is 0 Å². The molecule has 2 aromatic rings. The third-order valence-electron chi connectivity index (χ3n) is 7.30. The second-order valence-corrected chi connectivity index (χ2v) is 9.54. The van der Waals surface area contributed by atoms with Crippen LogP contribution < -0.4 is 4.90 Å². The van der Waals surface area contributed by atoms with E-state index >= 15 is 0 Å². The molecule has 0 unspecified atom stereocenters. The van der Waals surface area contributed by atoms with Crippen LogP contribution in [0.15, 0.2) is 30.6 Å². The first kappa shape index (κ1) is 18.3. The number of anilines is 1. The van der Waals surface area contributed by atoms with Crippen LogP contribution in [0.5, 0.6) is 0 Å². The molecule has 3 heterocycles. The summed E-state index contributed by atoms with van der Waals surface area (Å²) in [6.45, 7) is 4.85. The average molecular weight is 397 g/mol. The molecule has 2 aliphatic heterocycles. The number of amides is 1. The second-order valence-electron chi connectivity index (χ2n) is 8.72. The molecule has 0 bridgehead atoms. The monoisotopic (exact) mass is 396 g/mol. The van der Waals surface area contributed by atoms with E-state index in [1.165, 1.54) is 36.3 Å². The highest BCUT2D eigenvalue weighted by atomic mass is 32.1. The van der Waals surface area contributed by atoms with E-state index in [4.69, 9.17) is 0 Å². The van der Waals surface area contributed by atoms with Crippen LogP contribution in [0.1, 0.15) is 61.9 Å². The summed E-state index contributed by atoms with van der Waals surface area (Å²) in [5.41, 5.74) is 2.69. The van der Waals surface area contributed by atoms with Gasteiger partial charge in [0.2, 0.25) is 5.91 Å². The van der Waals surface area contributed by atoms with Crippen molar-refractivity contribution in [3.8, 4) is 0 Å². The molecule has 0 N–H and O–H groups in total. The van der Waals surface area contributed by atoms with E-state index in [1.807, 2.05) is 4.90 Å². The lowest BCUT2D eigenvalue weighted by molar-refractivity contribution is -0.116. The van der Waals surface area contributed by atoms with E-state index in [2.05, 4.69) is 38.5 Å². The van der Waals surface area contributed by atoms with Gasteiger partial charge in [0.1, 0.15) is 11.3 Å². The van der Waals surface area contributed by atoms with Gasteiger partial charge in [-0.05, 0) is 74.8 Å². The highest BCUT2D eigenvalue weighted by Gasteiger charge is 2.46. The molecule has 5 rings (SSSR count). The van der Waals surface area contributed by atoms with Crippen molar-refractivity contribution < 1.29 is 4.79 Å². The van der Waals surface area contributed by atoms with Gasteiger partial charge in [-0.1, -0.05) is 18.2 Å². The molecule has 3 aliphatic rings. The van der Waals surface area contributed by atoms with Crippen LogP contribution in [0.3, 0.4) is 0 Å². The minimum Gasteiger partial charge on any atom is -0.311 e. The number of likely N-dealkylation sites (tertiary alicyclic amines) is 1. The summed E-state index contributed by atoms with van der Waals surface area (Å²) in [6.07, 6.45) is 9.03. The van der Waals surface area contributed by atoms with E-state index in [0.29, 0.717) is 12.0 Å². The van der Waals surface area contributed by atoms with E-state index in [0.717, 1.165) is 38.2 Å². The summed E-state index contributed by atoms with van der Waals surface area (Å²) in [5, 5.41) is 1.22. The predicted molar refractivity (Wildman–Crippen MR) is 112 cm³/mol. The molecule has 1 saturated carbocycles. The molecule has 28 heavy (non-hydrogen) atoms. The highest BCUT2D eigenvalue weighted by molar-refractivity contribution is 7.05. The average Bonchev–Trinajstić information content (AvgIpc) is 3.37. The Morgan fingerprint density at radius 3 is 2.57 bits per heavy atom. The Balaban J connectivity index is 1.24. The number of benzene rings is 1. The third-order valence-corrected chi connectivity index (χ3v) is 8.13. The lowest BCUT2D eigenvalue weighted by Gasteiger charge is -2.44. The summed E-state index contributed by atoms with van der Waals surface area (Å²) in [6, 6.07) is 9.26. The maximum absolute atomic E-state index is 12.2. The van der Waals surface area contributed by atoms with Crippen LogP contribution in [0.25, 0.3) is 0 Å². The maximum Gasteiger partial charge on any atom is 0.223 e. The quantitative estimate of drug-likeness (QED) is 0.771. The summed E-state index contributed by atoms with van der Waals surface area (Å²) in [5.74, 6) is 0.785. The lowest BCUT2D eigenvalue weighted by Crippen LogP contribution is -2.49. The van der Waals surface area contributed by atoms with Crippen molar-refractivity contribution in [1.82, 2.24) is 14.3 Å². The van der Waals surface area contributed by atoms with Crippen molar-refractivity contribution in [2.75, 3.05) is 24.5 Å². The van der Waals surface area contributed by atoms with Crippen LogP contribution >= 0.6 is 11.5 Å². The number of carbonyl (C=O) groups excluding carboxylic acids is 1. The van der Waals surface area contributed by atoms with Crippen LogP contribution in [0.4, 0.5) is 5.69 Å². The molecule has 1 spiro atoms. The van der Waals surface area contributed by atoms with Crippen molar-refractivity contribution in [3.63, 3.8) is 0 Å². The number of aromatic nitrogens is 2. The van der Waals surface area contributed by atoms with Crippen LogP contribution in [-0.4, -0.2) is 45.8 Å². The fraction of sp³-hybridized carbons (Fsp3) is 0.591. The predicted octanol–water partition coefficient (Wildman–Crippen LogP) is 3.96. The standard InChI is InChI=1S/C22H28N4OS/c1-16(27)26-14-22(19-4-2-3-5-20(19)26)10-12-25(13-11-22)18-8-6-17(7-9-18)21-23-15-24-28-21/h2-5,15,17-18H,6-14H2,1H3. The molecule has 2 fully saturated rings. The van der Waals surface area contributed by atoms with E-state index in [1.54, 1.807) is 24.8 Å². The molecule has 5 nitrogen and oxygen atoms in total. The van der Waals surface area contributed by atoms with Crippen LogP contribution in [0.2, 0.25) is 0 Å². The summed E-state index contributed by atoms with van der Waals surface area (Å²) < 4.78 is 4.18. The number of piperidine rings is 1. The van der Waals surface area contributed by atoms with Crippen LogP contribution in [-0.2, 0) is 10.2 Å². The van der Waals surface area contributed by atoms with Gasteiger partial charge in [-0.25, -0.2) is 4.98 Å². The molecular weight excluding hydrogens is 368 g/mol. The topological polar surface area (TPSA) is 49.3 Å². The molecule has 1 aromatic carbocycles. The van der Waals surface area contributed by atoms with E-state index in [-0.39, 0.29) is 11.3 Å². The van der Waals surface area contributed by atoms with Gasteiger partial charge in [-0.15, -0.1) is 0 Å². The first-order chi connectivity index (χ1) is 13.7. The molecular formula is C22H28N4OS. The number of hydrogen-bond donors (Lipinski definition) is 0. The second kappa shape index (κ2) is 7.23. The Morgan fingerprint density at radius 2 is 1.89 bits per heavy atom. The maximum atomic E-state index is 12.2. The summed E-state index contributed by atoms with van der Waals surface area (Å²) in [7, 11) is 0. The van der Waals surface area contributed by atoms with Crippen molar-refractivity contribution in [2.24, 2.45) is 0 Å². The summed E-state index contributed by atoms with van der Waals surface area (Å²) in [4.78, 5) is 21.3. The van der Waals surface area contributed by atoms with Gasteiger partial charge in [-0.2, -0.15) is 4.37 Å². The molecule has 1 aromatic heterocycles. The number of carbonyl (C=O) groups is 1. The summed E-state index contributed by atoms with van der Waals surface area (Å²) >= 11 is 1.57. The Hall–Kier alpha value is -1.79. The van der Waals surface area contributed by atoms with Gasteiger partial charge in [0.25, 0.3) is 0 Å². The highest BCUT2D eigenvalue weighted by Crippen LogP contribution is 2.47. The third kappa shape index (κ3) is 3.07. The Labute approximate surface area is 170 Å². The van der Waals surface area contributed by atoms with Crippen LogP contribution in [0, 0.1) is 0 Å². The van der Waals surface area contributed by atoms with E-state index in [9.17, 15) is 4.79 Å². The first-order valence-electron chi connectivity index (χ1n) is 10.5. The van der Waals surface area contributed by atoms with Crippen molar-refractivity contribution in [1.29, 1.82) is 0 Å². The normalized spacial score (nSPS) is 27.1. The molecule has 148 valence electrons. The van der Waals surface area contributed by atoms with Gasteiger partial charge in [0.15, 0.2) is 0 Å². The fourth-order valence-corrected chi connectivity index (χ4v) is 6.39. The Bertz CT molecular complexity index is 836. The van der Waals surface area contributed by atoms with Crippen molar-refractivity contribution >= 4 is 23.1 Å². The Morgan fingerprint density at radius 1 is 1.14 bits per heavy atom. The molecule has 1 amide bonds. The van der Waals surface area contributed by atoms with Gasteiger partial charge in [0.05, 0.1) is 0 Å². The molecule has 6 heteroatoms. The van der Waals surface area contributed by atoms with Gasteiger partial charge < -0.3 is 9.80 Å². The molecule has 0 atom stereocenters. The zero-order valence-corrected chi connectivity index (χ0v) is 17.3. The Kier molecular flexibility index (Phi) is 4.71. The number of hydrogen-bond acceptors (Lipinski definition) is 5. The first-order valence-corrected chi connectivity index (χ1v) is 11.3. The largest absolute Gasteiger partial charge is 0.311 e. The van der Waals surface area contributed by atoms with E-state index < -0.39 is 0 Å². The molecule has 0 radical (unpaired) electrons. The minimum atomic E-state index is 0.155. The number of fused-ring (bicyclic) bond motifs is 2.